The first kappa shape index (κ1) is 21.4. The molecule has 0 atom stereocenters. The molecule has 4 rings (SSSR count). The van der Waals surface area contributed by atoms with Crippen LogP contribution in [0.25, 0.3) is 11.1 Å². The zero-order valence-electron chi connectivity index (χ0n) is 17.4. The van der Waals surface area contributed by atoms with Crippen LogP contribution in [0.1, 0.15) is 47.2 Å². The molecule has 0 spiro atoms. The van der Waals surface area contributed by atoms with Crippen molar-refractivity contribution in [1.82, 2.24) is 0 Å². The third-order valence-electron chi connectivity index (χ3n) is 5.95. The molecule has 5 heteroatoms. The summed E-state index contributed by atoms with van der Waals surface area (Å²) in [6.45, 7) is 0. The average Bonchev–Trinajstić information content (AvgIpc) is 2.75. The van der Waals surface area contributed by atoms with Gasteiger partial charge in [0, 0.05) is 16.8 Å². The molecule has 31 heavy (non-hydrogen) atoms. The van der Waals surface area contributed by atoms with Crippen molar-refractivity contribution in [2.45, 2.75) is 44.2 Å². The smallest absolute Gasteiger partial charge is 0.250 e. The average molecular weight is 435 g/mol. The second-order valence-corrected chi connectivity index (χ2v) is 8.67. The second-order valence-electron chi connectivity index (χ2n) is 8.24. The number of hydrogen-bond donors (Lipinski definition) is 3. The summed E-state index contributed by atoms with van der Waals surface area (Å²) >= 11 is 6.17. The number of benzene rings is 3. The minimum atomic E-state index is -0.447. The second kappa shape index (κ2) is 9.54. The first-order valence-corrected chi connectivity index (χ1v) is 11.1. The molecule has 4 N–H and O–H groups in total. The van der Waals surface area contributed by atoms with E-state index in [0.29, 0.717) is 5.56 Å². The van der Waals surface area contributed by atoms with E-state index in [4.69, 9.17) is 17.3 Å². The van der Waals surface area contributed by atoms with Gasteiger partial charge in [0.05, 0.1) is 11.7 Å². The minimum absolute atomic E-state index is 0.221. The van der Waals surface area contributed by atoms with Crippen LogP contribution in [0.5, 0.6) is 0 Å². The zero-order valence-corrected chi connectivity index (χ0v) is 18.1. The zero-order chi connectivity index (χ0) is 21.8. The summed E-state index contributed by atoms with van der Waals surface area (Å²) in [7, 11) is 0. The molecule has 3 aromatic carbocycles. The van der Waals surface area contributed by atoms with Crippen LogP contribution in [0.15, 0.2) is 66.7 Å². The Balaban J connectivity index is 1.66. The molecule has 0 bridgehead atoms. The van der Waals surface area contributed by atoms with Crippen molar-refractivity contribution in [2.75, 3.05) is 5.32 Å². The Morgan fingerprint density at radius 1 is 1.00 bits per heavy atom. The van der Waals surface area contributed by atoms with Gasteiger partial charge in [0.2, 0.25) is 0 Å². The molecule has 0 aliphatic heterocycles. The highest BCUT2D eigenvalue weighted by atomic mass is 35.5. The molecule has 0 radical (unpaired) electrons. The van der Waals surface area contributed by atoms with Crippen LogP contribution in [0.2, 0.25) is 5.02 Å². The molecule has 0 saturated heterocycles. The number of halogens is 1. The molecule has 1 aliphatic carbocycles. The largest absolute Gasteiger partial charge is 0.393 e. The van der Waals surface area contributed by atoms with Gasteiger partial charge < -0.3 is 16.2 Å². The molecule has 1 aliphatic rings. The number of carbonyl (C=O) groups excluding carboxylic acids is 1. The molecule has 1 amide bonds. The van der Waals surface area contributed by atoms with Gasteiger partial charge in [-0.3, -0.25) is 4.79 Å². The number of aliphatic hydroxyl groups is 1. The monoisotopic (exact) mass is 434 g/mol. The lowest BCUT2D eigenvalue weighted by molar-refractivity contribution is 0.100. The number of primary amides is 1. The summed E-state index contributed by atoms with van der Waals surface area (Å²) in [5.74, 6) is -0.447. The van der Waals surface area contributed by atoms with Gasteiger partial charge in [0.15, 0.2) is 0 Å². The van der Waals surface area contributed by atoms with Crippen molar-refractivity contribution < 1.29 is 9.90 Å². The highest BCUT2D eigenvalue weighted by molar-refractivity contribution is 6.30. The summed E-state index contributed by atoms with van der Waals surface area (Å²) < 4.78 is 0. The van der Waals surface area contributed by atoms with Crippen molar-refractivity contribution in [3.8, 4) is 11.1 Å². The topological polar surface area (TPSA) is 75.4 Å². The Hall–Kier alpha value is -2.82. The van der Waals surface area contributed by atoms with Gasteiger partial charge in [0.25, 0.3) is 5.91 Å². The van der Waals surface area contributed by atoms with Gasteiger partial charge in [-0.1, -0.05) is 54.1 Å². The maximum atomic E-state index is 12.0. The summed E-state index contributed by atoms with van der Waals surface area (Å²) in [4.78, 5) is 12.0. The van der Waals surface area contributed by atoms with Crippen molar-refractivity contribution in [2.24, 2.45) is 5.73 Å². The Labute approximate surface area is 188 Å². The van der Waals surface area contributed by atoms with Crippen LogP contribution in [-0.2, 0) is 6.42 Å². The SMILES string of the molecule is NC(=O)c1ccc(-c2ccccc2Cc2cccc(Cl)c2)cc1N[C@H]1CC[C@H](O)CC1. The van der Waals surface area contributed by atoms with Crippen LogP contribution in [0, 0.1) is 0 Å². The van der Waals surface area contributed by atoms with Gasteiger partial charge in [0.1, 0.15) is 0 Å². The molecule has 4 nitrogen and oxygen atoms in total. The van der Waals surface area contributed by atoms with E-state index in [9.17, 15) is 9.90 Å². The van der Waals surface area contributed by atoms with Crippen LogP contribution in [0.3, 0.4) is 0 Å². The maximum Gasteiger partial charge on any atom is 0.250 e. The van der Waals surface area contributed by atoms with Crippen LogP contribution < -0.4 is 11.1 Å². The standard InChI is InChI=1S/C26H27ClN2O2/c27-20-6-3-4-17(15-20)14-18-5-1-2-7-23(18)19-8-13-24(26(28)31)25(16-19)29-21-9-11-22(30)12-10-21/h1-8,13,15-16,21-22,29-30H,9-12,14H2,(H2,28,31)/t21-,22-. The predicted octanol–water partition coefficient (Wildman–Crippen LogP) is 5.41. The highest BCUT2D eigenvalue weighted by Gasteiger charge is 2.21. The van der Waals surface area contributed by atoms with Crippen LogP contribution >= 0.6 is 11.6 Å². The van der Waals surface area contributed by atoms with E-state index in [0.717, 1.165) is 59.5 Å². The van der Waals surface area contributed by atoms with Crippen LogP contribution in [-0.4, -0.2) is 23.2 Å². The van der Waals surface area contributed by atoms with E-state index in [1.807, 2.05) is 42.5 Å². The molecule has 3 aromatic rings. The fraction of sp³-hybridized carbons (Fsp3) is 0.269. The number of rotatable bonds is 6. The number of amides is 1. The summed E-state index contributed by atoms with van der Waals surface area (Å²) in [6, 6.07) is 22.2. The van der Waals surface area contributed by atoms with Gasteiger partial charge in [-0.15, -0.1) is 0 Å². The lowest BCUT2D eigenvalue weighted by Gasteiger charge is -2.28. The van der Waals surface area contributed by atoms with Gasteiger partial charge in [-0.25, -0.2) is 0 Å². The maximum absolute atomic E-state index is 12.0. The molecular weight excluding hydrogens is 408 g/mol. The van der Waals surface area contributed by atoms with Gasteiger partial charge >= 0.3 is 0 Å². The quantitative estimate of drug-likeness (QED) is 0.485. The van der Waals surface area contributed by atoms with Crippen molar-refractivity contribution in [3.63, 3.8) is 0 Å². The number of aliphatic hydroxyl groups excluding tert-OH is 1. The normalized spacial score (nSPS) is 18.5. The summed E-state index contributed by atoms with van der Waals surface area (Å²) in [5, 5.41) is 14.0. The Morgan fingerprint density at radius 2 is 1.77 bits per heavy atom. The predicted molar refractivity (Wildman–Crippen MR) is 127 cm³/mol. The van der Waals surface area contributed by atoms with E-state index in [-0.39, 0.29) is 12.1 Å². The molecule has 1 saturated carbocycles. The third kappa shape index (κ3) is 5.27. The van der Waals surface area contributed by atoms with Crippen molar-refractivity contribution >= 4 is 23.2 Å². The molecule has 0 aromatic heterocycles. The highest BCUT2D eigenvalue weighted by Crippen LogP contribution is 2.31. The Kier molecular flexibility index (Phi) is 6.59. The van der Waals surface area contributed by atoms with Crippen LogP contribution in [0.4, 0.5) is 5.69 Å². The van der Waals surface area contributed by atoms with E-state index >= 15 is 0 Å². The Morgan fingerprint density at radius 3 is 2.52 bits per heavy atom. The lowest BCUT2D eigenvalue weighted by Crippen LogP contribution is -2.29. The summed E-state index contributed by atoms with van der Waals surface area (Å²) in [6.07, 6.45) is 3.82. The molecule has 0 unspecified atom stereocenters. The molecule has 0 heterocycles. The fourth-order valence-electron chi connectivity index (χ4n) is 4.31. The molecule has 1 fully saturated rings. The van der Waals surface area contributed by atoms with E-state index in [1.165, 1.54) is 5.56 Å². The van der Waals surface area contributed by atoms with E-state index in [1.54, 1.807) is 6.07 Å². The summed E-state index contributed by atoms with van der Waals surface area (Å²) in [5.41, 5.74) is 11.4. The minimum Gasteiger partial charge on any atom is -0.393 e. The number of anilines is 1. The number of hydrogen-bond acceptors (Lipinski definition) is 3. The lowest BCUT2D eigenvalue weighted by atomic mass is 9.91. The van der Waals surface area contributed by atoms with Gasteiger partial charge in [-0.05, 0) is 78.6 Å². The first-order valence-electron chi connectivity index (χ1n) is 10.7. The van der Waals surface area contributed by atoms with Crippen molar-refractivity contribution in [1.29, 1.82) is 0 Å². The molecule has 160 valence electrons. The number of nitrogens with one attached hydrogen (secondary N) is 1. The third-order valence-corrected chi connectivity index (χ3v) is 6.19. The van der Waals surface area contributed by atoms with E-state index < -0.39 is 5.91 Å². The van der Waals surface area contributed by atoms with Gasteiger partial charge in [-0.2, -0.15) is 0 Å². The van der Waals surface area contributed by atoms with Crippen molar-refractivity contribution in [3.05, 3.63) is 88.4 Å². The van der Waals surface area contributed by atoms with E-state index in [2.05, 4.69) is 23.5 Å². The molecular formula is C26H27ClN2O2. The first-order chi connectivity index (χ1) is 15.0. The number of carbonyl (C=O) groups is 1. The Bertz CT molecular complexity index is 1070. The number of nitrogens with two attached hydrogens (primary N) is 1. The fourth-order valence-corrected chi connectivity index (χ4v) is 4.52.